The minimum absolute atomic E-state index is 0.374. The Labute approximate surface area is 114 Å². The SMILES string of the molecule is Cc1nc(CC2(O)CCC(C(C)(C)C)CC2)cs1. The fourth-order valence-corrected chi connectivity index (χ4v) is 3.64. The highest BCUT2D eigenvalue weighted by molar-refractivity contribution is 7.09. The molecule has 0 atom stereocenters. The van der Waals surface area contributed by atoms with Gasteiger partial charge in [-0.2, -0.15) is 0 Å². The van der Waals surface area contributed by atoms with E-state index in [4.69, 9.17) is 0 Å². The molecule has 1 aromatic rings. The van der Waals surface area contributed by atoms with Gasteiger partial charge in [0.15, 0.2) is 0 Å². The normalized spacial score (nSPS) is 29.5. The van der Waals surface area contributed by atoms with Crippen molar-refractivity contribution < 1.29 is 5.11 Å². The molecule has 0 amide bonds. The van der Waals surface area contributed by atoms with Crippen LogP contribution in [0.15, 0.2) is 5.38 Å². The van der Waals surface area contributed by atoms with Crippen LogP contribution in [-0.2, 0) is 6.42 Å². The van der Waals surface area contributed by atoms with Gasteiger partial charge in [0.1, 0.15) is 0 Å². The summed E-state index contributed by atoms with van der Waals surface area (Å²) in [7, 11) is 0. The molecule has 0 aliphatic heterocycles. The Kier molecular flexibility index (Phi) is 3.84. The van der Waals surface area contributed by atoms with Crippen LogP contribution in [0.5, 0.6) is 0 Å². The third-order valence-corrected chi connectivity index (χ3v) is 5.14. The van der Waals surface area contributed by atoms with E-state index in [0.717, 1.165) is 48.7 Å². The van der Waals surface area contributed by atoms with Gasteiger partial charge in [-0.1, -0.05) is 20.8 Å². The largest absolute Gasteiger partial charge is 0.389 e. The van der Waals surface area contributed by atoms with Gasteiger partial charge in [0.25, 0.3) is 0 Å². The summed E-state index contributed by atoms with van der Waals surface area (Å²) in [5.41, 5.74) is 0.926. The summed E-state index contributed by atoms with van der Waals surface area (Å²) in [6.07, 6.45) is 4.86. The summed E-state index contributed by atoms with van der Waals surface area (Å²) < 4.78 is 0. The minimum Gasteiger partial charge on any atom is -0.389 e. The van der Waals surface area contributed by atoms with Crippen LogP contribution in [0.4, 0.5) is 0 Å². The number of aryl methyl sites for hydroxylation is 1. The molecular weight excluding hydrogens is 242 g/mol. The molecule has 2 rings (SSSR count). The highest BCUT2D eigenvalue weighted by atomic mass is 32.1. The average Bonchev–Trinajstić information content (AvgIpc) is 2.62. The zero-order valence-corrected chi connectivity index (χ0v) is 12.8. The molecule has 102 valence electrons. The summed E-state index contributed by atoms with van der Waals surface area (Å²) >= 11 is 1.67. The lowest BCUT2D eigenvalue weighted by atomic mass is 9.67. The predicted octanol–water partition coefficient (Wildman–Crippen LogP) is 3.96. The molecule has 1 N–H and O–H groups in total. The summed E-state index contributed by atoms with van der Waals surface area (Å²) in [4.78, 5) is 4.48. The smallest absolute Gasteiger partial charge is 0.0897 e. The highest BCUT2D eigenvalue weighted by Gasteiger charge is 2.37. The number of nitrogens with zero attached hydrogens (tertiary/aromatic N) is 1. The summed E-state index contributed by atoms with van der Waals surface area (Å²) in [5.74, 6) is 0.745. The highest BCUT2D eigenvalue weighted by Crippen LogP contribution is 2.42. The van der Waals surface area contributed by atoms with E-state index in [1.807, 2.05) is 6.92 Å². The molecule has 0 saturated heterocycles. The first-order valence-corrected chi connectivity index (χ1v) is 7.80. The fourth-order valence-electron chi connectivity index (χ4n) is 3.02. The van der Waals surface area contributed by atoms with Crippen molar-refractivity contribution in [3.8, 4) is 0 Å². The van der Waals surface area contributed by atoms with Crippen molar-refractivity contribution in [3.05, 3.63) is 16.1 Å². The van der Waals surface area contributed by atoms with Crippen LogP contribution >= 0.6 is 11.3 Å². The molecule has 0 unspecified atom stereocenters. The Morgan fingerprint density at radius 2 is 2.00 bits per heavy atom. The lowest BCUT2D eigenvalue weighted by Gasteiger charge is -2.41. The number of aliphatic hydroxyl groups is 1. The standard InChI is InChI=1S/C15H25NOS/c1-11-16-13(10-18-11)9-15(17)7-5-12(6-8-15)14(2,3)4/h10,12,17H,5-9H2,1-4H3. The van der Waals surface area contributed by atoms with Crippen LogP contribution in [0, 0.1) is 18.3 Å². The van der Waals surface area contributed by atoms with E-state index in [9.17, 15) is 5.11 Å². The van der Waals surface area contributed by atoms with Crippen molar-refractivity contribution in [2.45, 2.75) is 65.4 Å². The molecule has 0 aromatic carbocycles. The molecule has 18 heavy (non-hydrogen) atoms. The maximum atomic E-state index is 10.7. The third kappa shape index (κ3) is 3.33. The van der Waals surface area contributed by atoms with Crippen molar-refractivity contribution in [1.82, 2.24) is 4.98 Å². The van der Waals surface area contributed by atoms with Crippen molar-refractivity contribution in [2.75, 3.05) is 0 Å². The quantitative estimate of drug-likeness (QED) is 0.879. The van der Waals surface area contributed by atoms with Crippen LogP contribution in [0.3, 0.4) is 0 Å². The molecule has 1 saturated carbocycles. The molecule has 2 nitrogen and oxygen atoms in total. The van der Waals surface area contributed by atoms with Crippen LogP contribution in [0.25, 0.3) is 0 Å². The van der Waals surface area contributed by atoms with E-state index in [2.05, 4.69) is 31.1 Å². The van der Waals surface area contributed by atoms with Gasteiger partial charge < -0.3 is 5.11 Å². The van der Waals surface area contributed by atoms with Crippen molar-refractivity contribution in [3.63, 3.8) is 0 Å². The zero-order valence-electron chi connectivity index (χ0n) is 12.0. The second-order valence-corrected chi connectivity index (χ2v) is 7.96. The Morgan fingerprint density at radius 1 is 1.39 bits per heavy atom. The Hall–Kier alpha value is -0.410. The third-order valence-electron chi connectivity index (χ3n) is 4.32. The lowest BCUT2D eigenvalue weighted by molar-refractivity contribution is -0.0250. The van der Waals surface area contributed by atoms with Gasteiger partial charge in [-0.05, 0) is 43.9 Å². The molecule has 0 bridgehead atoms. The van der Waals surface area contributed by atoms with Gasteiger partial charge in [-0.3, -0.25) is 0 Å². The lowest BCUT2D eigenvalue weighted by Crippen LogP contribution is -2.39. The summed E-state index contributed by atoms with van der Waals surface area (Å²) in [5, 5.41) is 13.9. The summed E-state index contributed by atoms with van der Waals surface area (Å²) in [6.45, 7) is 8.96. The van der Waals surface area contributed by atoms with E-state index in [1.165, 1.54) is 0 Å². The van der Waals surface area contributed by atoms with Crippen LogP contribution in [0.1, 0.15) is 57.2 Å². The van der Waals surface area contributed by atoms with E-state index in [1.54, 1.807) is 11.3 Å². The first kappa shape index (κ1) is 14.0. The molecule has 1 aliphatic carbocycles. The van der Waals surface area contributed by atoms with Crippen molar-refractivity contribution in [2.24, 2.45) is 11.3 Å². The van der Waals surface area contributed by atoms with Gasteiger partial charge in [0.05, 0.1) is 16.3 Å². The molecule has 0 spiro atoms. The average molecular weight is 267 g/mol. The monoisotopic (exact) mass is 267 g/mol. The molecule has 1 aliphatic rings. The van der Waals surface area contributed by atoms with E-state index in [-0.39, 0.29) is 0 Å². The number of rotatable bonds is 2. The first-order chi connectivity index (χ1) is 8.28. The Morgan fingerprint density at radius 3 is 2.44 bits per heavy atom. The molecule has 1 fully saturated rings. The molecule has 0 radical (unpaired) electrons. The first-order valence-electron chi connectivity index (χ1n) is 6.92. The van der Waals surface area contributed by atoms with Crippen LogP contribution in [0.2, 0.25) is 0 Å². The zero-order chi connectivity index (χ0) is 13.4. The minimum atomic E-state index is -0.512. The van der Waals surface area contributed by atoms with Gasteiger partial charge in [-0.25, -0.2) is 4.98 Å². The molecule has 3 heteroatoms. The maximum absolute atomic E-state index is 10.7. The van der Waals surface area contributed by atoms with Crippen LogP contribution in [-0.4, -0.2) is 15.7 Å². The molecule has 1 heterocycles. The Bertz CT molecular complexity index is 397. The van der Waals surface area contributed by atoms with Crippen molar-refractivity contribution >= 4 is 11.3 Å². The topological polar surface area (TPSA) is 33.1 Å². The number of aromatic nitrogens is 1. The van der Waals surface area contributed by atoms with E-state index < -0.39 is 5.60 Å². The molecular formula is C15H25NOS. The van der Waals surface area contributed by atoms with Gasteiger partial charge in [0.2, 0.25) is 0 Å². The van der Waals surface area contributed by atoms with E-state index >= 15 is 0 Å². The maximum Gasteiger partial charge on any atom is 0.0897 e. The van der Waals surface area contributed by atoms with Gasteiger partial charge in [0, 0.05) is 11.8 Å². The van der Waals surface area contributed by atoms with E-state index in [0.29, 0.717) is 5.41 Å². The fraction of sp³-hybridized carbons (Fsp3) is 0.800. The number of hydrogen-bond donors (Lipinski definition) is 1. The second-order valence-electron chi connectivity index (χ2n) is 6.90. The number of hydrogen-bond acceptors (Lipinski definition) is 3. The van der Waals surface area contributed by atoms with Crippen LogP contribution < -0.4 is 0 Å². The van der Waals surface area contributed by atoms with Crippen molar-refractivity contribution in [1.29, 1.82) is 0 Å². The van der Waals surface area contributed by atoms with Gasteiger partial charge >= 0.3 is 0 Å². The van der Waals surface area contributed by atoms with Gasteiger partial charge in [-0.15, -0.1) is 11.3 Å². The number of thiazole rings is 1. The summed E-state index contributed by atoms with van der Waals surface area (Å²) in [6, 6.07) is 0. The molecule has 1 aromatic heterocycles. The second kappa shape index (κ2) is 4.93. The predicted molar refractivity (Wildman–Crippen MR) is 76.9 cm³/mol. The Balaban J connectivity index is 1.95.